The van der Waals surface area contributed by atoms with Gasteiger partial charge in [0.15, 0.2) is 5.58 Å². The van der Waals surface area contributed by atoms with Gasteiger partial charge in [0.05, 0.1) is 12.6 Å². The molecule has 2 aliphatic heterocycles. The molecule has 2 saturated heterocycles. The van der Waals surface area contributed by atoms with Gasteiger partial charge in [-0.05, 0) is 44.7 Å². The van der Waals surface area contributed by atoms with Crippen molar-refractivity contribution in [1.82, 2.24) is 14.9 Å². The third-order valence-electron chi connectivity index (χ3n) is 5.37. The number of hydrogen-bond acceptors (Lipinski definition) is 6. The lowest BCUT2D eigenvalue weighted by Crippen LogP contribution is -2.45. The molecule has 134 valence electrons. The minimum Gasteiger partial charge on any atom is -0.422 e. The van der Waals surface area contributed by atoms with Crippen molar-refractivity contribution in [1.29, 1.82) is 0 Å². The Morgan fingerprint density at radius 3 is 2.80 bits per heavy atom. The number of aliphatic hydroxyl groups is 1. The highest BCUT2D eigenvalue weighted by atomic mass is 16.4. The number of fused-ring (bicyclic) bond motifs is 1. The van der Waals surface area contributed by atoms with E-state index >= 15 is 0 Å². The van der Waals surface area contributed by atoms with Crippen LogP contribution in [0.15, 0.2) is 16.5 Å². The SMILES string of the molecule is Cc1ccc2oc(N3CCC(C(=O)N4CCC[C@@H]4CO)CC3)nc2n1. The van der Waals surface area contributed by atoms with Gasteiger partial charge in [0.1, 0.15) is 0 Å². The topological polar surface area (TPSA) is 82.7 Å². The number of amides is 1. The number of piperidine rings is 1. The van der Waals surface area contributed by atoms with E-state index in [0.717, 1.165) is 51.0 Å². The average Bonchev–Trinajstić information content (AvgIpc) is 3.27. The maximum Gasteiger partial charge on any atom is 0.299 e. The summed E-state index contributed by atoms with van der Waals surface area (Å²) in [6.07, 6.45) is 3.48. The van der Waals surface area contributed by atoms with E-state index in [2.05, 4.69) is 14.9 Å². The molecule has 1 atom stereocenters. The Kier molecular flexibility index (Phi) is 4.33. The monoisotopic (exact) mass is 344 g/mol. The van der Waals surface area contributed by atoms with Gasteiger partial charge < -0.3 is 19.3 Å². The molecule has 25 heavy (non-hydrogen) atoms. The van der Waals surface area contributed by atoms with Crippen LogP contribution in [0.5, 0.6) is 0 Å². The summed E-state index contributed by atoms with van der Waals surface area (Å²) in [5.41, 5.74) is 2.25. The highest BCUT2D eigenvalue weighted by Crippen LogP contribution is 2.28. The molecule has 0 aliphatic carbocycles. The predicted molar refractivity (Wildman–Crippen MR) is 93.3 cm³/mol. The van der Waals surface area contributed by atoms with Crippen LogP contribution in [-0.4, -0.2) is 58.2 Å². The zero-order chi connectivity index (χ0) is 17.4. The quantitative estimate of drug-likeness (QED) is 0.913. The average molecular weight is 344 g/mol. The van der Waals surface area contributed by atoms with Crippen LogP contribution in [0, 0.1) is 12.8 Å². The summed E-state index contributed by atoms with van der Waals surface area (Å²) < 4.78 is 5.82. The normalized spacial score (nSPS) is 22.1. The molecule has 2 aromatic rings. The first-order chi connectivity index (χ1) is 12.2. The molecule has 0 radical (unpaired) electrons. The van der Waals surface area contributed by atoms with Crippen LogP contribution in [0.3, 0.4) is 0 Å². The number of carbonyl (C=O) groups excluding carboxylic acids is 1. The first-order valence-corrected chi connectivity index (χ1v) is 9.06. The van der Waals surface area contributed by atoms with Gasteiger partial charge in [-0.1, -0.05) is 0 Å². The third-order valence-corrected chi connectivity index (χ3v) is 5.37. The van der Waals surface area contributed by atoms with E-state index in [4.69, 9.17) is 4.42 Å². The standard InChI is InChI=1S/C18H24N4O3/c1-12-4-5-15-16(19-12)20-18(25-15)21-9-6-13(7-10-21)17(24)22-8-2-3-14(22)11-23/h4-5,13-14,23H,2-3,6-11H2,1H3/t14-/m1/s1. The van der Waals surface area contributed by atoms with E-state index < -0.39 is 0 Å². The molecule has 1 amide bonds. The molecule has 0 saturated carbocycles. The minimum absolute atomic E-state index is 0.0110. The number of rotatable bonds is 3. The maximum atomic E-state index is 12.7. The lowest BCUT2D eigenvalue weighted by atomic mass is 9.95. The second-order valence-corrected chi connectivity index (χ2v) is 7.04. The minimum atomic E-state index is 0.0110. The Bertz CT molecular complexity index is 767. The van der Waals surface area contributed by atoms with Gasteiger partial charge in [0, 0.05) is 31.2 Å². The third kappa shape index (κ3) is 3.08. The number of aryl methyl sites for hydroxylation is 1. The smallest absolute Gasteiger partial charge is 0.299 e. The molecule has 4 rings (SSSR count). The maximum absolute atomic E-state index is 12.7. The van der Waals surface area contributed by atoms with Crippen molar-refractivity contribution >= 4 is 23.2 Å². The molecule has 4 heterocycles. The molecule has 0 bridgehead atoms. The fourth-order valence-corrected chi connectivity index (χ4v) is 3.90. The Morgan fingerprint density at radius 2 is 2.04 bits per heavy atom. The highest BCUT2D eigenvalue weighted by molar-refractivity contribution is 5.80. The fourth-order valence-electron chi connectivity index (χ4n) is 3.90. The molecule has 7 heteroatoms. The molecular formula is C18H24N4O3. The van der Waals surface area contributed by atoms with Crippen molar-refractivity contribution < 1.29 is 14.3 Å². The van der Waals surface area contributed by atoms with Gasteiger partial charge >= 0.3 is 0 Å². The second-order valence-electron chi connectivity index (χ2n) is 7.04. The predicted octanol–water partition coefficient (Wildman–Crippen LogP) is 1.73. The van der Waals surface area contributed by atoms with E-state index in [-0.39, 0.29) is 24.5 Å². The van der Waals surface area contributed by atoms with Crippen molar-refractivity contribution in [3.63, 3.8) is 0 Å². The summed E-state index contributed by atoms with van der Waals surface area (Å²) in [4.78, 5) is 25.6. The summed E-state index contributed by atoms with van der Waals surface area (Å²) in [5.74, 6) is 0.235. The van der Waals surface area contributed by atoms with Crippen LogP contribution in [0.4, 0.5) is 6.01 Å². The van der Waals surface area contributed by atoms with Crippen LogP contribution < -0.4 is 4.90 Å². The van der Waals surface area contributed by atoms with Crippen LogP contribution in [0.25, 0.3) is 11.2 Å². The van der Waals surface area contributed by atoms with E-state index in [1.165, 1.54) is 0 Å². The molecule has 7 nitrogen and oxygen atoms in total. The van der Waals surface area contributed by atoms with Crippen LogP contribution in [-0.2, 0) is 4.79 Å². The number of hydrogen-bond donors (Lipinski definition) is 1. The lowest BCUT2D eigenvalue weighted by molar-refractivity contribution is -0.137. The summed E-state index contributed by atoms with van der Waals surface area (Å²) in [7, 11) is 0. The lowest BCUT2D eigenvalue weighted by Gasteiger charge is -2.33. The molecule has 0 spiro atoms. The Morgan fingerprint density at radius 1 is 1.24 bits per heavy atom. The number of anilines is 1. The fraction of sp³-hybridized carbons (Fsp3) is 0.611. The Balaban J connectivity index is 1.41. The van der Waals surface area contributed by atoms with Crippen molar-refractivity contribution in [2.45, 2.75) is 38.6 Å². The number of nitrogens with zero attached hydrogens (tertiary/aromatic N) is 4. The van der Waals surface area contributed by atoms with E-state index in [0.29, 0.717) is 17.2 Å². The number of pyridine rings is 1. The summed E-state index contributed by atoms with van der Waals surface area (Å²) in [6, 6.07) is 4.41. The summed E-state index contributed by atoms with van der Waals surface area (Å²) >= 11 is 0. The second kappa shape index (κ2) is 6.63. The van der Waals surface area contributed by atoms with Crippen LogP contribution >= 0.6 is 0 Å². The van der Waals surface area contributed by atoms with Crippen LogP contribution in [0.2, 0.25) is 0 Å². The zero-order valence-electron chi connectivity index (χ0n) is 14.5. The summed E-state index contributed by atoms with van der Waals surface area (Å²) in [6.45, 7) is 4.28. The van der Waals surface area contributed by atoms with Gasteiger partial charge in [0.2, 0.25) is 11.6 Å². The van der Waals surface area contributed by atoms with E-state index in [9.17, 15) is 9.90 Å². The van der Waals surface area contributed by atoms with Crippen molar-refractivity contribution in [2.24, 2.45) is 5.92 Å². The van der Waals surface area contributed by atoms with E-state index in [1.54, 1.807) is 0 Å². The number of aliphatic hydroxyl groups excluding tert-OH is 1. The number of likely N-dealkylation sites (tertiary alicyclic amines) is 1. The number of aromatic nitrogens is 2. The molecule has 0 unspecified atom stereocenters. The molecular weight excluding hydrogens is 320 g/mol. The molecule has 2 aromatic heterocycles. The van der Waals surface area contributed by atoms with Gasteiger partial charge in [-0.25, -0.2) is 4.98 Å². The van der Waals surface area contributed by atoms with Gasteiger partial charge in [-0.2, -0.15) is 4.98 Å². The van der Waals surface area contributed by atoms with Crippen molar-refractivity contribution in [2.75, 3.05) is 31.1 Å². The molecule has 2 fully saturated rings. The van der Waals surface area contributed by atoms with Crippen molar-refractivity contribution in [3.05, 3.63) is 17.8 Å². The first kappa shape index (κ1) is 16.3. The van der Waals surface area contributed by atoms with Crippen molar-refractivity contribution in [3.8, 4) is 0 Å². The van der Waals surface area contributed by atoms with Gasteiger partial charge in [-0.15, -0.1) is 0 Å². The summed E-state index contributed by atoms with van der Waals surface area (Å²) in [5, 5.41) is 9.43. The van der Waals surface area contributed by atoms with Crippen LogP contribution in [0.1, 0.15) is 31.4 Å². The van der Waals surface area contributed by atoms with Gasteiger partial charge in [-0.3, -0.25) is 4.79 Å². The molecule has 2 aliphatic rings. The zero-order valence-corrected chi connectivity index (χ0v) is 14.5. The van der Waals surface area contributed by atoms with Gasteiger partial charge in [0.25, 0.3) is 6.01 Å². The highest BCUT2D eigenvalue weighted by Gasteiger charge is 2.35. The molecule has 0 aromatic carbocycles. The van der Waals surface area contributed by atoms with E-state index in [1.807, 2.05) is 24.0 Å². The number of oxazole rings is 1. The largest absolute Gasteiger partial charge is 0.422 e. The number of carbonyl (C=O) groups is 1. The Labute approximate surface area is 146 Å². The molecule has 1 N–H and O–H groups in total. The first-order valence-electron chi connectivity index (χ1n) is 9.06. The Hall–Kier alpha value is -2.15.